The molecule has 0 saturated heterocycles. The summed E-state index contributed by atoms with van der Waals surface area (Å²) >= 11 is 0. The van der Waals surface area contributed by atoms with E-state index in [4.69, 9.17) is 11.5 Å². The zero-order valence-corrected chi connectivity index (χ0v) is 9.73. The first-order chi connectivity index (χ1) is 8.16. The van der Waals surface area contributed by atoms with Gasteiger partial charge in [-0.15, -0.1) is 0 Å². The molecular formula is C13H17N3O. The van der Waals surface area contributed by atoms with Crippen molar-refractivity contribution in [3.63, 3.8) is 0 Å². The molecule has 1 aromatic rings. The van der Waals surface area contributed by atoms with Gasteiger partial charge in [-0.2, -0.15) is 0 Å². The van der Waals surface area contributed by atoms with Gasteiger partial charge >= 0.3 is 0 Å². The van der Waals surface area contributed by atoms with Gasteiger partial charge in [-0.05, 0) is 18.1 Å². The summed E-state index contributed by atoms with van der Waals surface area (Å²) in [7, 11) is 0. The van der Waals surface area contributed by atoms with Crippen molar-refractivity contribution in [1.82, 2.24) is 4.90 Å². The zero-order chi connectivity index (χ0) is 12.3. The average molecular weight is 231 g/mol. The number of carbonyl (C=O) groups excluding carboxylic acids is 1. The fourth-order valence-corrected chi connectivity index (χ4v) is 2.11. The number of hydrogen-bond acceptors (Lipinski definition) is 3. The Morgan fingerprint density at radius 2 is 2.12 bits per heavy atom. The van der Waals surface area contributed by atoms with Crippen LogP contribution in [0, 0.1) is 0 Å². The Labute approximate surface area is 101 Å². The van der Waals surface area contributed by atoms with E-state index < -0.39 is 0 Å². The number of para-hydroxylation sites is 1. The molecule has 1 aromatic carbocycles. The smallest absolute Gasteiger partial charge is 0.231 e. The predicted molar refractivity (Wildman–Crippen MR) is 69.1 cm³/mol. The van der Waals surface area contributed by atoms with Gasteiger partial charge in [-0.25, -0.2) is 0 Å². The number of nitrogens with zero attached hydrogens (tertiary/aromatic N) is 1. The molecule has 4 heteroatoms. The second-order valence-corrected chi connectivity index (χ2v) is 4.27. The molecule has 0 bridgehead atoms. The Hall–Kier alpha value is -1.81. The van der Waals surface area contributed by atoms with E-state index in [0.717, 1.165) is 30.8 Å². The number of anilines is 1. The van der Waals surface area contributed by atoms with Gasteiger partial charge in [0, 0.05) is 24.3 Å². The van der Waals surface area contributed by atoms with E-state index in [1.165, 1.54) is 5.57 Å². The standard InChI is InChI=1S/C13H17N3O/c14-12-4-2-1-3-11(12)10-5-7-16(8-6-10)9-13(15)17/h1-5H,6-9,14H2,(H2,15,17). The molecule has 0 unspecified atom stereocenters. The fraction of sp³-hybridized carbons (Fsp3) is 0.308. The summed E-state index contributed by atoms with van der Waals surface area (Å²) < 4.78 is 0. The lowest BCUT2D eigenvalue weighted by Gasteiger charge is -2.25. The minimum atomic E-state index is -0.277. The van der Waals surface area contributed by atoms with E-state index in [1.54, 1.807) is 0 Å². The summed E-state index contributed by atoms with van der Waals surface area (Å²) in [4.78, 5) is 12.8. The predicted octanol–water partition coefficient (Wildman–Crippen LogP) is 0.843. The van der Waals surface area contributed by atoms with E-state index >= 15 is 0 Å². The molecule has 0 saturated carbocycles. The molecule has 1 aliphatic rings. The molecule has 0 atom stereocenters. The number of nitrogens with two attached hydrogens (primary N) is 2. The van der Waals surface area contributed by atoms with Crippen molar-refractivity contribution in [2.24, 2.45) is 5.73 Å². The fourth-order valence-electron chi connectivity index (χ4n) is 2.11. The molecule has 1 amide bonds. The van der Waals surface area contributed by atoms with Gasteiger partial charge in [0.05, 0.1) is 6.54 Å². The minimum Gasteiger partial charge on any atom is -0.398 e. The molecule has 2 rings (SSSR count). The zero-order valence-electron chi connectivity index (χ0n) is 9.73. The van der Waals surface area contributed by atoms with Gasteiger partial charge in [-0.3, -0.25) is 9.69 Å². The topological polar surface area (TPSA) is 72.4 Å². The number of primary amides is 1. The first-order valence-corrected chi connectivity index (χ1v) is 5.71. The lowest BCUT2D eigenvalue weighted by molar-refractivity contribution is -0.119. The van der Waals surface area contributed by atoms with Crippen molar-refractivity contribution >= 4 is 17.2 Å². The lowest BCUT2D eigenvalue weighted by atomic mass is 9.98. The maximum atomic E-state index is 10.8. The quantitative estimate of drug-likeness (QED) is 0.757. The summed E-state index contributed by atoms with van der Waals surface area (Å²) in [6.45, 7) is 1.93. The molecule has 0 radical (unpaired) electrons. The third kappa shape index (κ3) is 2.85. The highest BCUT2D eigenvalue weighted by molar-refractivity contribution is 5.77. The summed E-state index contributed by atoms with van der Waals surface area (Å²) in [6, 6.07) is 7.86. The molecule has 1 heterocycles. The summed E-state index contributed by atoms with van der Waals surface area (Å²) in [5.41, 5.74) is 14.3. The second-order valence-electron chi connectivity index (χ2n) is 4.27. The molecule has 0 aliphatic carbocycles. The maximum absolute atomic E-state index is 10.8. The van der Waals surface area contributed by atoms with Gasteiger partial charge in [0.2, 0.25) is 5.91 Å². The Balaban J connectivity index is 2.09. The normalized spacial score (nSPS) is 16.6. The first-order valence-electron chi connectivity index (χ1n) is 5.71. The van der Waals surface area contributed by atoms with Crippen LogP contribution in [0.5, 0.6) is 0 Å². The van der Waals surface area contributed by atoms with Crippen molar-refractivity contribution < 1.29 is 4.79 Å². The molecule has 1 aliphatic heterocycles. The third-order valence-electron chi connectivity index (χ3n) is 2.98. The minimum absolute atomic E-state index is 0.277. The molecular weight excluding hydrogens is 214 g/mol. The lowest BCUT2D eigenvalue weighted by Crippen LogP contribution is -2.36. The van der Waals surface area contributed by atoms with E-state index in [2.05, 4.69) is 6.08 Å². The molecule has 90 valence electrons. The van der Waals surface area contributed by atoms with Gasteiger partial charge < -0.3 is 11.5 Å². The molecule has 4 N–H and O–H groups in total. The summed E-state index contributed by atoms with van der Waals surface area (Å²) in [5.74, 6) is -0.277. The first kappa shape index (κ1) is 11.7. The highest BCUT2D eigenvalue weighted by Gasteiger charge is 2.15. The summed E-state index contributed by atoms with van der Waals surface area (Å²) in [5, 5.41) is 0. The van der Waals surface area contributed by atoms with Gasteiger partial charge in [0.25, 0.3) is 0 Å². The van der Waals surface area contributed by atoms with Crippen molar-refractivity contribution in [1.29, 1.82) is 0 Å². The Morgan fingerprint density at radius 3 is 2.71 bits per heavy atom. The molecule has 0 spiro atoms. The maximum Gasteiger partial charge on any atom is 0.231 e. The van der Waals surface area contributed by atoms with Crippen molar-refractivity contribution in [3.05, 3.63) is 35.9 Å². The average Bonchev–Trinajstić information content (AvgIpc) is 2.30. The van der Waals surface area contributed by atoms with Crippen LogP contribution in [0.3, 0.4) is 0 Å². The monoisotopic (exact) mass is 231 g/mol. The van der Waals surface area contributed by atoms with Crippen LogP contribution in [0.4, 0.5) is 5.69 Å². The molecule has 17 heavy (non-hydrogen) atoms. The highest BCUT2D eigenvalue weighted by atomic mass is 16.1. The van der Waals surface area contributed by atoms with Gasteiger partial charge in [0.15, 0.2) is 0 Å². The highest BCUT2D eigenvalue weighted by Crippen LogP contribution is 2.26. The van der Waals surface area contributed by atoms with Crippen molar-refractivity contribution in [3.8, 4) is 0 Å². The number of hydrogen-bond donors (Lipinski definition) is 2. The van der Waals surface area contributed by atoms with Crippen molar-refractivity contribution in [2.75, 3.05) is 25.4 Å². The number of carbonyl (C=O) groups is 1. The number of nitrogen functional groups attached to an aromatic ring is 1. The molecule has 4 nitrogen and oxygen atoms in total. The SMILES string of the molecule is NC(=O)CN1CC=C(c2ccccc2N)CC1. The number of amides is 1. The van der Waals surface area contributed by atoms with E-state index in [9.17, 15) is 4.79 Å². The Bertz CT molecular complexity index is 454. The molecule has 0 fully saturated rings. The van der Waals surface area contributed by atoms with Crippen LogP contribution in [0.2, 0.25) is 0 Å². The van der Waals surface area contributed by atoms with Crippen LogP contribution < -0.4 is 11.5 Å². The largest absolute Gasteiger partial charge is 0.398 e. The van der Waals surface area contributed by atoms with E-state index in [-0.39, 0.29) is 5.91 Å². The van der Waals surface area contributed by atoms with Crippen LogP contribution in [0.1, 0.15) is 12.0 Å². The van der Waals surface area contributed by atoms with Crippen LogP contribution >= 0.6 is 0 Å². The third-order valence-corrected chi connectivity index (χ3v) is 2.98. The number of benzene rings is 1. The Morgan fingerprint density at radius 1 is 1.35 bits per heavy atom. The van der Waals surface area contributed by atoms with Gasteiger partial charge in [-0.1, -0.05) is 24.3 Å². The van der Waals surface area contributed by atoms with E-state index in [0.29, 0.717) is 6.54 Å². The van der Waals surface area contributed by atoms with Crippen molar-refractivity contribution in [2.45, 2.75) is 6.42 Å². The van der Waals surface area contributed by atoms with E-state index in [1.807, 2.05) is 29.2 Å². The van der Waals surface area contributed by atoms with Crippen LogP contribution in [0.15, 0.2) is 30.3 Å². The summed E-state index contributed by atoms with van der Waals surface area (Å²) in [6.07, 6.45) is 3.03. The second kappa shape index (κ2) is 5.01. The number of rotatable bonds is 3. The molecule has 0 aromatic heterocycles. The van der Waals surface area contributed by atoms with Gasteiger partial charge in [0.1, 0.15) is 0 Å². The Kier molecular flexibility index (Phi) is 3.44. The van der Waals surface area contributed by atoms with Crippen LogP contribution in [-0.4, -0.2) is 30.4 Å². The van der Waals surface area contributed by atoms with Crippen LogP contribution in [-0.2, 0) is 4.79 Å². The van der Waals surface area contributed by atoms with Crippen LogP contribution in [0.25, 0.3) is 5.57 Å².